The van der Waals surface area contributed by atoms with Crippen LogP contribution >= 0.6 is 0 Å². The minimum absolute atomic E-state index is 0. The summed E-state index contributed by atoms with van der Waals surface area (Å²) in [6.07, 6.45) is 3.05. The van der Waals surface area contributed by atoms with E-state index in [1.165, 1.54) is 28.8 Å². The summed E-state index contributed by atoms with van der Waals surface area (Å²) >= 11 is 0. The van der Waals surface area contributed by atoms with Gasteiger partial charge in [0, 0.05) is 60.7 Å². The number of aromatic nitrogens is 4. The summed E-state index contributed by atoms with van der Waals surface area (Å²) < 4.78 is 349. The largest absolute Gasteiger partial charge is 0.510 e. The second-order valence-corrected chi connectivity index (χ2v) is 28.6. The maximum Gasteiger partial charge on any atom is 0.268 e. The minimum Gasteiger partial charge on any atom is -0.510 e. The first-order valence-electron chi connectivity index (χ1n) is 47.3. The van der Waals surface area contributed by atoms with Gasteiger partial charge in [0.15, 0.2) is 8.07 Å². The summed E-state index contributed by atoms with van der Waals surface area (Å²) in [7, 11) is -6.98. The molecule has 0 aliphatic heterocycles. The van der Waals surface area contributed by atoms with Crippen LogP contribution in [0.1, 0.15) is 146 Å². The molecule has 3 aromatic heterocycles. The predicted octanol–water partition coefficient (Wildman–Crippen LogP) is 18.5. The van der Waals surface area contributed by atoms with Crippen LogP contribution in [0.2, 0.25) is 0 Å². The van der Waals surface area contributed by atoms with Crippen molar-refractivity contribution in [1.82, 2.24) is 14.1 Å². The third-order valence-corrected chi connectivity index (χ3v) is 21.2. The molecule has 0 saturated carbocycles. The van der Waals surface area contributed by atoms with Crippen LogP contribution in [0.25, 0.3) is 83.4 Å². The molecule has 7 heteroatoms. The Morgan fingerprint density at radius 1 is 0.532 bits per heavy atom. The zero-order valence-corrected chi connectivity index (χ0v) is 54.6. The van der Waals surface area contributed by atoms with E-state index in [-0.39, 0.29) is 54.7 Å². The zero-order chi connectivity index (χ0) is 94.0. The van der Waals surface area contributed by atoms with E-state index in [2.05, 4.69) is 39.2 Å². The summed E-state index contributed by atoms with van der Waals surface area (Å²) in [6.45, 7) is -4.36. The molecule has 3 heterocycles. The van der Waals surface area contributed by atoms with Gasteiger partial charge < -0.3 is 13.9 Å². The normalized spacial score (nSPS) is 19.5. The van der Waals surface area contributed by atoms with Crippen LogP contribution in [0.4, 0.5) is 0 Å². The average Bonchev–Trinajstić information content (AvgIpc) is 1.43. The van der Waals surface area contributed by atoms with Crippen LogP contribution in [0.15, 0.2) is 266 Å². The Bertz CT molecular complexity index is 6790. The monoisotopic (exact) mass is 1450 g/mol. The molecule has 11 aromatic carbocycles. The number of benzene rings is 11. The van der Waals surface area contributed by atoms with Gasteiger partial charge in [-0.1, -0.05) is 274 Å². The fourth-order valence-electron chi connectivity index (χ4n) is 12.5. The first kappa shape index (κ1) is 33.6. The number of hydrogen-bond donors (Lipinski definition) is 0. The number of para-hydroxylation sites is 1. The van der Waals surface area contributed by atoms with Gasteiger partial charge >= 0.3 is 0 Å². The van der Waals surface area contributed by atoms with Crippen LogP contribution in [0.3, 0.4) is 0 Å². The molecule has 0 amide bonds. The molecule has 5 nitrogen and oxygen atoms in total. The van der Waals surface area contributed by atoms with E-state index in [0.29, 0.717) is 22.5 Å². The van der Waals surface area contributed by atoms with E-state index in [4.69, 9.17) is 23.4 Å². The van der Waals surface area contributed by atoms with Crippen molar-refractivity contribution in [2.45, 2.75) is 97.0 Å². The third kappa shape index (κ3) is 10.9. The Balaban J connectivity index is 0.0000134. The number of imidazole rings is 1. The van der Waals surface area contributed by atoms with E-state index in [0.717, 1.165) is 44.1 Å². The Morgan fingerprint density at radius 3 is 1.82 bits per heavy atom. The van der Waals surface area contributed by atoms with Crippen molar-refractivity contribution >= 4 is 61.7 Å². The number of nitrogens with zero attached hydrogens (tertiary/aromatic N) is 4. The van der Waals surface area contributed by atoms with E-state index in [1.807, 2.05) is 92.1 Å². The second kappa shape index (κ2) is 23.8. The number of fused-ring (bicyclic) bond motifs is 5. The predicted molar refractivity (Wildman–Crippen MR) is 388 cm³/mol. The van der Waals surface area contributed by atoms with Crippen molar-refractivity contribution in [3.63, 3.8) is 0 Å². The van der Waals surface area contributed by atoms with Gasteiger partial charge in [-0.3, -0.25) is 4.57 Å². The molecule has 15 rings (SSSR count). The molecular weight excluding hydrogens is 1340 g/mol. The number of pyridine rings is 1. The van der Waals surface area contributed by atoms with Gasteiger partial charge in [0.05, 0.1) is 48.2 Å². The quantitative estimate of drug-likeness (QED) is 0.0529. The molecule has 0 saturated heterocycles. The molecule has 0 fully saturated rings. The van der Waals surface area contributed by atoms with Gasteiger partial charge in [0.25, 0.3) is 6.33 Å². The van der Waals surface area contributed by atoms with Crippen molar-refractivity contribution in [3.05, 3.63) is 307 Å². The van der Waals surface area contributed by atoms with Gasteiger partial charge in [-0.2, -0.15) is 18.2 Å². The topological polar surface area (TPSA) is 35.9 Å². The second-order valence-electron chi connectivity index (χ2n) is 25.1. The van der Waals surface area contributed by atoms with Crippen LogP contribution in [0, 0.1) is 18.5 Å². The van der Waals surface area contributed by atoms with E-state index >= 15 is 0 Å². The smallest absolute Gasteiger partial charge is 0.268 e. The Hall–Kier alpha value is -9.45. The summed E-state index contributed by atoms with van der Waals surface area (Å²) in [6, 6.07) is 10.3. The molecule has 1 aliphatic carbocycles. The third-order valence-electron chi connectivity index (χ3n) is 17.0. The molecule has 0 atom stereocenters. The number of rotatable bonds is 12. The molecule has 466 valence electrons. The van der Waals surface area contributed by atoms with Gasteiger partial charge in [-0.15, -0.1) is 29.7 Å². The first-order chi connectivity index (χ1) is 59.4. The van der Waals surface area contributed by atoms with Crippen LogP contribution in [-0.4, -0.2) is 22.2 Å². The van der Waals surface area contributed by atoms with E-state index in [9.17, 15) is 34.3 Å². The van der Waals surface area contributed by atoms with Gasteiger partial charge in [-0.25, -0.2) is 4.98 Å². The van der Waals surface area contributed by atoms with Gasteiger partial charge in [-0.05, 0) is 146 Å². The van der Waals surface area contributed by atoms with Crippen molar-refractivity contribution in [2.24, 2.45) is 0 Å². The molecule has 0 spiro atoms. The molecular formula is C87H76N4OPtSi-2. The minimum atomic E-state index is -6.98. The van der Waals surface area contributed by atoms with Crippen LogP contribution < -0.4 is 30.1 Å². The fourth-order valence-corrected chi connectivity index (χ4v) is 16.5. The molecule has 0 N–H and O–H groups in total. The van der Waals surface area contributed by atoms with E-state index < -0.39 is 257 Å². The van der Waals surface area contributed by atoms with Gasteiger partial charge in [0.1, 0.15) is 5.82 Å². The maximum atomic E-state index is 11.0. The van der Waals surface area contributed by atoms with Crippen molar-refractivity contribution in [1.29, 1.82) is 0 Å². The molecule has 1 aliphatic rings. The standard InChI is InChI=1S/C87H76N4OSi.Pt/c1-84(2,3)64-42-38-60(39-43-64)61-41-47-78-80(52-61)89(66-28-25-29-67(55-66)92-68-44-45-73-72-36-23-24-37-77(72)91(79(73)56-68)82-54-65(48-49-88-82)85(4,5)6)58-90(78)83-74(62-40-46-75-76(51-62)87(9,10)57-86(75,7)8)50-63(59-26-15-11-16-27-59)53-81(83)93(69-30-17-12-18-31-69,70-32-19-13-20-33-70)71-34-21-14-22-35-71;/h11-54H,57H2,1-10H3;/q-2;/i7D3,8D3,9D3,10D3,11D,12D,13D,14D,15D,16D,17D,18D,19D,20D,21D,22D,26D,27D,30D,31D,32D,33D,34D,35D,40D,46D,51D;. The molecule has 0 bridgehead atoms. The maximum absolute atomic E-state index is 11.0. The van der Waals surface area contributed by atoms with Crippen molar-refractivity contribution in [2.75, 3.05) is 0 Å². The summed E-state index contributed by atoms with van der Waals surface area (Å²) in [5.74, 6) is 0.638. The summed E-state index contributed by atoms with van der Waals surface area (Å²) in [5, 5.41) is -3.10. The Labute approximate surface area is 618 Å². The molecule has 0 radical (unpaired) electrons. The molecule has 0 unspecified atom stereocenters. The van der Waals surface area contributed by atoms with Gasteiger partial charge in [0.2, 0.25) is 0 Å². The summed E-state index contributed by atoms with van der Waals surface area (Å²) in [4.78, 5) is 4.82. The van der Waals surface area contributed by atoms with Crippen molar-refractivity contribution < 1.29 is 78.3 Å². The molecule has 94 heavy (non-hydrogen) atoms. The fraction of sp³-hybridized carbons (Fsp3) is 0.172. The van der Waals surface area contributed by atoms with Crippen LogP contribution in [0.5, 0.6) is 11.5 Å². The number of hydrogen-bond acceptors (Lipinski definition) is 2. The summed E-state index contributed by atoms with van der Waals surface area (Å²) in [5.41, 5.74) is -12.6. The Kier molecular flexibility index (Phi) is 8.52. The number of ether oxygens (including phenoxy) is 1. The first-order valence-corrected chi connectivity index (χ1v) is 31.8. The van der Waals surface area contributed by atoms with Crippen LogP contribution in [-0.2, 0) is 42.7 Å². The molecule has 14 aromatic rings. The Morgan fingerprint density at radius 2 is 1.16 bits per heavy atom. The average molecular weight is 1450 g/mol. The van der Waals surface area contributed by atoms with E-state index in [1.54, 1.807) is 24.4 Å². The zero-order valence-electron chi connectivity index (χ0n) is 86.3. The SMILES string of the molecule is [2H]c1c([2H])c([2H])c(-c2cc(-c3c([2H])c([2H])c4c(c3[2H])C(C([2H])([2H])[2H])(C([2H])([2H])[2H])CC4(C([2H])([2H])[2H])C([2H])([2H])[2H])c(-[n+]3[c-]n(-c4[c-]c(Oc5[c-]c6c(cc5)c5ccccc5n6-c5cc(C(C)(C)C)ccn5)ccc4)c4cc(-c5ccc(C(C)(C)C)cc5)ccc43)c([Si](c3c([2H])c([2H])c([2H])c([2H])c3[2H])(c3c([2H])c([2H])c([2H])c([2H])c3[2H])c3c([2H])c([2H])c([2H])c([2H])c3[2H])c2)c([2H])c1[2H].[Pt]. The van der Waals surface area contributed by atoms with Crippen molar-refractivity contribution in [3.8, 4) is 62.1 Å².